The molecule has 4 rings (SSSR count). The van der Waals surface area contributed by atoms with Gasteiger partial charge in [-0.3, -0.25) is 24.0 Å². The molecule has 0 unspecified atom stereocenters. The molecule has 0 saturated carbocycles. The van der Waals surface area contributed by atoms with Crippen LogP contribution in [0.25, 0.3) is 10.6 Å². The Balaban J connectivity index is 1.76. The van der Waals surface area contributed by atoms with Crippen LogP contribution in [0, 0.1) is 5.82 Å². The SMILES string of the molecule is COCCN(C(=O)c1cnc(-c2ccccc2F)s1)c1c(N)n(Cc2ccccc2)c(=O)[nH]c1=O. The highest BCUT2D eigenvalue weighted by molar-refractivity contribution is 7.17. The number of aromatic amines is 1. The lowest BCUT2D eigenvalue weighted by Gasteiger charge is -2.23. The summed E-state index contributed by atoms with van der Waals surface area (Å²) in [6, 6.07) is 15.2. The minimum Gasteiger partial charge on any atom is -0.383 e. The molecular formula is C24H22FN5O4S. The number of anilines is 2. The summed E-state index contributed by atoms with van der Waals surface area (Å²) in [5.41, 5.74) is 5.65. The maximum absolute atomic E-state index is 14.2. The largest absolute Gasteiger partial charge is 0.383 e. The van der Waals surface area contributed by atoms with Crippen LogP contribution in [0.15, 0.2) is 70.4 Å². The number of rotatable bonds is 8. The van der Waals surface area contributed by atoms with Gasteiger partial charge < -0.3 is 10.5 Å². The fourth-order valence-corrected chi connectivity index (χ4v) is 4.42. The van der Waals surface area contributed by atoms with Gasteiger partial charge in [0.2, 0.25) is 0 Å². The molecule has 2 heterocycles. The molecule has 0 radical (unpaired) electrons. The van der Waals surface area contributed by atoms with Gasteiger partial charge in [0.05, 0.1) is 19.3 Å². The van der Waals surface area contributed by atoms with Crippen molar-refractivity contribution in [2.24, 2.45) is 0 Å². The number of aromatic nitrogens is 3. The summed E-state index contributed by atoms with van der Waals surface area (Å²) in [4.78, 5) is 46.6. The first-order valence-electron chi connectivity index (χ1n) is 10.6. The second kappa shape index (κ2) is 10.5. The number of hydrogen-bond donors (Lipinski definition) is 2. The smallest absolute Gasteiger partial charge is 0.330 e. The van der Waals surface area contributed by atoms with Gasteiger partial charge in [0.1, 0.15) is 21.5 Å². The first-order valence-corrected chi connectivity index (χ1v) is 11.4. The Kier molecular flexibility index (Phi) is 7.18. The van der Waals surface area contributed by atoms with Crippen LogP contribution in [0.5, 0.6) is 0 Å². The van der Waals surface area contributed by atoms with Crippen molar-refractivity contribution < 1.29 is 13.9 Å². The number of amides is 1. The quantitative estimate of drug-likeness (QED) is 0.388. The molecule has 9 nitrogen and oxygen atoms in total. The standard InChI is InChI=1S/C24H22FN5O4S/c1-34-12-11-29(23(32)18-13-27-22(35-18)16-9-5-6-10-17(16)25)19-20(26)30(24(33)28-21(19)31)14-15-7-3-2-4-8-15/h2-10,13H,11-12,14,26H2,1H3,(H,28,31,33). The minimum absolute atomic E-state index is 0.0148. The lowest BCUT2D eigenvalue weighted by atomic mass is 10.2. The molecule has 35 heavy (non-hydrogen) atoms. The average molecular weight is 496 g/mol. The number of nitrogen functional groups attached to an aromatic ring is 1. The van der Waals surface area contributed by atoms with Crippen molar-refractivity contribution in [3.05, 3.63) is 97.9 Å². The van der Waals surface area contributed by atoms with E-state index >= 15 is 0 Å². The monoisotopic (exact) mass is 495 g/mol. The van der Waals surface area contributed by atoms with E-state index in [0.717, 1.165) is 21.8 Å². The number of hydrogen-bond acceptors (Lipinski definition) is 7. The molecule has 0 atom stereocenters. The van der Waals surface area contributed by atoms with Gasteiger partial charge in [-0.1, -0.05) is 42.5 Å². The molecule has 4 aromatic rings. The summed E-state index contributed by atoms with van der Waals surface area (Å²) in [6.07, 6.45) is 1.32. The molecule has 0 bridgehead atoms. The zero-order valence-corrected chi connectivity index (χ0v) is 19.5. The van der Waals surface area contributed by atoms with Gasteiger partial charge >= 0.3 is 5.69 Å². The number of nitrogens with two attached hydrogens (primary N) is 1. The summed E-state index contributed by atoms with van der Waals surface area (Å²) >= 11 is 0.982. The summed E-state index contributed by atoms with van der Waals surface area (Å²) < 4.78 is 20.5. The second-order valence-corrected chi connectivity index (χ2v) is 8.55. The average Bonchev–Trinajstić information content (AvgIpc) is 3.34. The van der Waals surface area contributed by atoms with Crippen LogP contribution in [0.4, 0.5) is 15.9 Å². The molecule has 0 aliphatic carbocycles. The van der Waals surface area contributed by atoms with Crippen LogP contribution in [-0.4, -0.2) is 40.7 Å². The van der Waals surface area contributed by atoms with Crippen molar-refractivity contribution in [1.82, 2.24) is 14.5 Å². The van der Waals surface area contributed by atoms with Crippen LogP contribution in [-0.2, 0) is 11.3 Å². The zero-order valence-electron chi connectivity index (χ0n) is 18.7. The first kappa shape index (κ1) is 24.0. The summed E-state index contributed by atoms with van der Waals surface area (Å²) in [6.45, 7) is 0.181. The fourth-order valence-electron chi connectivity index (χ4n) is 3.52. The molecule has 1 amide bonds. The molecule has 0 saturated heterocycles. The van der Waals surface area contributed by atoms with Crippen molar-refractivity contribution in [2.75, 3.05) is 30.9 Å². The van der Waals surface area contributed by atoms with E-state index in [9.17, 15) is 18.8 Å². The second-order valence-electron chi connectivity index (χ2n) is 7.52. The predicted octanol–water partition coefficient (Wildman–Crippen LogP) is 2.72. The molecule has 0 fully saturated rings. The Labute approximate surface area is 203 Å². The van der Waals surface area contributed by atoms with E-state index in [2.05, 4.69) is 9.97 Å². The molecular weight excluding hydrogens is 473 g/mol. The molecule has 0 aliphatic rings. The number of thiazole rings is 1. The third-order valence-electron chi connectivity index (χ3n) is 5.25. The van der Waals surface area contributed by atoms with Gasteiger partial charge in [-0.05, 0) is 17.7 Å². The van der Waals surface area contributed by atoms with Crippen LogP contribution < -0.4 is 21.9 Å². The van der Waals surface area contributed by atoms with Crippen LogP contribution in [0.2, 0.25) is 0 Å². The number of carbonyl (C=O) groups excluding carboxylic acids is 1. The van der Waals surface area contributed by atoms with Crippen LogP contribution >= 0.6 is 11.3 Å². The number of methoxy groups -OCH3 is 1. The zero-order chi connectivity index (χ0) is 24.9. The molecule has 3 N–H and O–H groups in total. The number of H-pyrrole nitrogens is 1. The Morgan fingerprint density at radius 1 is 1.17 bits per heavy atom. The first-order chi connectivity index (χ1) is 16.9. The van der Waals surface area contributed by atoms with Crippen molar-refractivity contribution in [3.8, 4) is 10.6 Å². The topological polar surface area (TPSA) is 123 Å². The molecule has 11 heteroatoms. The maximum atomic E-state index is 14.2. The number of nitrogens with one attached hydrogen (secondary N) is 1. The number of carbonyl (C=O) groups is 1. The van der Waals surface area contributed by atoms with Gasteiger partial charge in [-0.2, -0.15) is 0 Å². The van der Waals surface area contributed by atoms with Crippen LogP contribution in [0.3, 0.4) is 0 Å². The van der Waals surface area contributed by atoms with E-state index in [-0.39, 0.29) is 41.6 Å². The summed E-state index contributed by atoms with van der Waals surface area (Å²) in [5.74, 6) is -1.21. The van der Waals surface area contributed by atoms with Crippen molar-refractivity contribution >= 4 is 28.7 Å². The van der Waals surface area contributed by atoms with E-state index in [1.54, 1.807) is 18.2 Å². The number of ether oxygens (including phenoxy) is 1. The number of benzene rings is 2. The highest BCUT2D eigenvalue weighted by Crippen LogP contribution is 2.29. The van der Waals surface area contributed by atoms with Crippen LogP contribution in [0.1, 0.15) is 15.2 Å². The van der Waals surface area contributed by atoms with E-state index < -0.39 is 23.0 Å². The lowest BCUT2D eigenvalue weighted by Crippen LogP contribution is -2.42. The fraction of sp³-hybridized carbons (Fsp3) is 0.167. The molecule has 0 spiro atoms. The highest BCUT2D eigenvalue weighted by Gasteiger charge is 2.27. The third-order valence-corrected chi connectivity index (χ3v) is 6.27. The van der Waals surface area contributed by atoms with Crippen molar-refractivity contribution in [1.29, 1.82) is 0 Å². The van der Waals surface area contributed by atoms with E-state index in [4.69, 9.17) is 10.5 Å². The van der Waals surface area contributed by atoms with E-state index in [1.165, 1.54) is 23.9 Å². The minimum atomic E-state index is -0.805. The lowest BCUT2D eigenvalue weighted by molar-refractivity contribution is 0.0979. The predicted molar refractivity (Wildman–Crippen MR) is 132 cm³/mol. The van der Waals surface area contributed by atoms with Crippen molar-refractivity contribution in [3.63, 3.8) is 0 Å². The third kappa shape index (κ3) is 5.05. The van der Waals surface area contributed by atoms with Gasteiger partial charge in [0.25, 0.3) is 11.5 Å². The Morgan fingerprint density at radius 3 is 2.60 bits per heavy atom. The van der Waals surface area contributed by atoms with Gasteiger partial charge in [-0.25, -0.2) is 14.2 Å². The Bertz CT molecular complexity index is 1460. The van der Waals surface area contributed by atoms with E-state index in [1.807, 2.05) is 30.3 Å². The van der Waals surface area contributed by atoms with Crippen molar-refractivity contribution in [2.45, 2.75) is 6.54 Å². The Morgan fingerprint density at radius 2 is 1.89 bits per heavy atom. The van der Waals surface area contributed by atoms with Gasteiger partial charge in [0, 0.05) is 19.2 Å². The number of halogens is 1. The van der Waals surface area contributed by atoms with Gasteiger partial charge in [-0.15, -0.1) is 11.3 Å². The maximum Gasteiger partial charge on any atom is 0.330 e. The molecule has 2 aromatic carbocycles. The number of nitrogens with zero attached hydrogens (tertiary/aromatic N) is 3. The molecule has 0 aliphatic heterocycles. The molecule has 2 aromatic heterocycles. The summed E-state index contributed by atoms with van der Waals surface area (Å²) in [5, 5.41) is 0.314. The van der Waals surface area contributed by atoms with Gasteiger partial charge in [0.15, 0.2) is 5.69 Å². The highest BCUT2D eigenvalue weighted by atomic mass is 32.1. The summed E-state index contributed by atoms with van der Waals surface area (Å²) in [7, 11) is 1.45. The molecule has 180 valence electrons. The normalized spacial score (nSPS) is 10.9. The Hall–Kier alpha value is -4.09. The van der Waals surface area contributed by atoms with E-state index in [0.29, 0.717) is 5.01 Å².